The molecule has 2 aliphatic heterocycles. The van der Waals surface area contributed by atoms with Crippen molar-refractivity contribution in [1.82, 2.24) is 10.2 Å². The molecule has 0 aliphatic carbocycles. The van der Waals surface area contributed by atoms with E-state index in [1.165, 1.54) is 56.7 Å². The Morgan fingerprint density at radius 1 is 0.943 bits per heavy atom. The molecule has 1 aromatic carbocycles. The molecule has 0 saturated carbocycles. The van der Waals surface area contributed by atoms with Gasteiger partial charge in [-0.2, -0.15) is 0 Å². The number of para-hydroxylation sites is 1. The molecule has 35 heavy (non-hydrogen) atoms. The van der Waals surface area contributed by atoms with Gasteiger partial charge in [0.15, 0.2) is 5.25 Å². The number of nitrogens with zero attached hydrogens (tertiary/aromatic N) is 2. The molecule has 1 saturated heterocycles. The van der Waals surface area contributed by atoms with Gasteiger partial charge in [-0.25, -0.2) is 0 Å². The second-order valence-electron chi connectivity index (χ2n) is 9.79. The fraction of sp³-hybridized carbons (Fsp3) is 0.679. The number of fused-ring (bicyclic) bond motifs is 1. The summed E-state index contributed by atoms with van der Waals surface area (Å²) in [7, 11) is 0. The maximum Gasteiger partial charge on any atom is 0.250 e. The first-order valence-corrected chi connectivity index (χ1v) is 14.6. The molecule has 1 N–H and O–H groups in total. The van der Waals surface area contributed by atoms with Crippen molar-refractivity contribution in [2.45, 2.75) is 107 Å². The molecule has 1 fully saturated rings. The standard InChI is InChI=1S/C28H43N3O3S/c1-3-5-6-7-8-9-10-11-12-17-25(32)30-20-18-22(19-21-30)29-27(33)26-28(34)31(4-2)23-15-13-14-16-24(23)35-26/h13-16,22,26H,3-12,17-21H2,1-2H3,(H,29,33). The van der Waals surface area contributed by atoms with Crippen LogP contribution in [0.4, 0.5) is 5.69 Å². The van der Waals surface area contributed by atoms with Crippen LogP contribution in [0.2, 0.25) is 0 Å². The number of piperidine rings is 1. The number of thioether (sulfide) groups is 1. The Morgan fingerprint density at radius 2 is 1.57 bits per heavy atom. The molecule has 1 unspecified atom stereocenters. The third-order valence-electron chi connectivity index (χ3n) is 7.13. The maximum absolute atomic E-state index is 13.0. The van der Waals surface area contributed by atoms with E-state index >= 15 is 0 Å². The molecule has 1 aromatic rings. The number of hydrogen-bond acceptors (Lipinski definition) is 4. The number of carbonyl (C=O) groups is 3. The first-order valence-electron chi connectivity index (χ1n) is 13.7. The number of benzene rings is 1. The number of carbonyl (C=O) groups excluding carboxylic acids is 3. The van der Waals surface area contributed by atoms with Crippen molar-refractivity contribution in [3.8, 4) is 0 Å². The van der Waals surface area contributed by atoms with Gasteiger partial charge in [0, 0.05) is 37.0 Å². The zero-order chi connectivity index (χ0) is 25.0. The molecule has 0 bridgehead atoms. The molecule has 1 atom stereocenters. The lowest BCUT2D eigenvalue weighted by molar-refractivity contribution is -0.132. The highest BCUT2D eigenvalue weighted by Crippen LogP contribution is 2.39. The van der Waals surface area contributed by atoms with Gasteiger partial charge in [0.25, 0.3) is 0 Å². The van der Waals surface area contributed by atoms with Crippen molar-refractivity contribution in [2.75, 3.05) is 24.5 Å². The average molecular weight is 502 g/mol. The maximum atomic E-state index is 13.0. The van der Waals surface area contributed by atoms with Crippen LogP contribution < -0.4 is 10.2 Å². The Kier molecular flexibility index (Phi) is 11.4. The SMILES string of the molecule is CCCCCCCCCCCC(=O)N1CCC(NC(=O)C2Sc3ccccc3N(CC)C2=O)CC1. The molecule has 0 radical (unpaired) electrons. The zero-order valence-electron chi connectivity index (χ0n) is 21.6. The van der Waals surface area contributed by atoms with Crippen LogP contribution in [-0.4, -0.2) is 53.5 Å². The summed E-state index contributed by atoms with van der Waals surface area (Å²) in [6, 6.07) is 7.76. The van der Waals surface area contributed by atoms with E-state index in [1.807, 2.05) is 36.1 Å². The molecule has 2 aliphatic rings. The van der Waals surface area contributed by atoms with Crippen LogP contribution in [-0.2, 0) is 14.4 Å². The number of nitrogens with one attached hydrogen (secondary N) is 1. The molecular weight excluding hydrogens is 458 g/mol. The van der Waals surface area contributed by atoms with Crippen LogP contribution in [0.15, 0.2) is 29.2 Å². The summed E-state index contributed by atoms with van der Waals surface area (Å²) < 4.78 is 0. The van der Waals surface area contributed by atoms with Gasteiger partial charge in [-0.15, -0.1) is 11.8 Å². The van der Waals surface area contributed by atoms with E-state index in [-0.39, 0.29) is 23.8 Å². The first-order chi connectivity index (χ1) is 17.0. The number of likely N-dealkylation sites (tertiary alicyclic amines) is 1. The van der Waals surface area contributed by atoms with Crippen molar-refractivity contribution in [2.24, 2.45) is 0 Å². The van der Waals surface area contributed by atoms with Gasteiger partial charge in [-0.3, -0.25) is 14.4 Å². The van der Waals surface area contributed by atoms with Crippen molar-refractivity contribution in [1.29, 1.82) is 0 Å². The summed E-state index contributed by atoms with van der Waals surface area (Å²) >= 11 is 1.34. The normalized spacial score (nSPS) is 18.5. The van der Waals surface area contributed by atoms with Gasteiger partial charge in [-0.05, 0) is 38.3 Å². The molecule has 6 nitrogen and oxygen atoms in total. The van der Waals surface area contributed by atoms with Crippen LogP contribution in [0.25, 0.3) is 0 Å². The zero-order valence-corrected chi connectivity index (χ0v) is 22.4. The summed E-state index contributed by atoms with van der Waals surface area (Å²) in [5, 5.41) is 2.34. The average Bonchev–Trinajstić information content (AvgIpc) is 2.87. The molecular formula is C28H43N3O3S. The van der Waals surface area contributed by atoms with Crippen LogP contribution in [0, 0.1) is 0 Å². The van der Waals surface area contributed by atoms with Gasteiger partial charge in [0.05, 0.1) is 5.69 Å². The van der Waals surface area contributed by atoms with E-state index in [4.69, 9.17) is 0 Å². The van der Waals surface area contributed by atoms with Crippen molar-refractivity contribution in [3.63, 3.8) is 0 Å². The molecule has 7 heteroatoms. The molecule has 3 amide bonds. The number of hydrogen-bond donors (Lipinski definition) is 1. The predicted molar refractivity (Wildman–Crippen MR) is 144 cm³/mol. The van der Waals surface area contributed by atoms with E-state index in [0.29, 0.717) is 26.1 Å². The fourth-order valence-corrected chi connectivity index (χ4v) is 6.12. The third kappa shape index (κ3) is 7.99. The lowest BCUT2D eigenvalue weighted by atomic mass is 10.0. The largest absolute Gasteiger partial charge is 0.352 e. The Hall–Kier alpha value is -2.02. The highest BCUT2D eigenvalue weighted by atomic mass is 32.2. The van der Waals surface area contributed by atoms with Crippen LogP contribution in [0.5, 0.6) is 0 Å². The van der Waals surface area contributed by atoms with E-state index in [0.717, 1.165) is 36.3 Å². The monoisotopic (exact) mass is 501 g/mol. The highest BCUT2D eigenvalue weighted by Gasteiger charge is 2.38. The number of anilines is 1. The molecule has 194 valence electrons. The Balaban J connectivity index is 1.34. The van der Waals surface area contributed by atoms with Crippen molar-refractivity contribution < 1.29 is 14.4 Å². The Bertz CT molecular complexity index is 838. The molecule has 3 rings (SSSR count). The summed E-state index contributed by atoms with van der Waals surface area (Å²) in [5.41, 5.74) is 0.882. The molecule has 0 aromatic heterocycles. The second kappa shape index (κ2) is 14.5. The fourth-order valence-electron chi connectivity index (χ4n) is 5.00. The predicted octanol–water partition coefficient (Wildman–Crippen LogP) is 5.54. The topological polar surface area (TPSA) is 69.7 Å². The third-order valence-corrected chi connectivity index (χ3v) is 8.38. The van der Waals surface area contributed by atoms with Gasteiger partial charge in [0.2, 0.25) is 17.7 Å². The minimum Gasteiger partial charge on any atom is -0.352 e. The van der Waals surface area contributed by atoms with Crippen molar-refractivity contribution in [3.05, 3.63) is 24.3 Å². The lowest BCUT2D eigenvalue weighted by Gasteiger charge is -2.35. The lowest BCUT2D eigenvalue weighted by Crippen LogP contribution is -2.52. The van der Waals surface area contributed by atoms with Crippen molar-refractivity contribution >= 4 is 35.2 Å². The summed E-state index contributed by atoms with van der Waals surface area (Å²) in [6.07, 6.45) is 13.4. The Labute approximate surface area is 215 Å². The number of unbranched alkanes of at least 4 members (excludes halogenated alkanes) is 8. The first kappa shape index (κ1) is 27.6. The minimum absolute atomic E-state index is 0.0138. The van der Waals surface area contributed by atoms with Crippen LogP contribution in [0.1, 0.15) is 90.9 Å². The van der Waals surface area contributed by atoms with Gasteiger partial charge >= 0.3 is 0 Å². The highest BCUT2D eigenvalue weighted by molar-refractivity contribution is 8.01. The summed E-state index contributed by atoms with van der Waals surface area (Å²) in [6.45, 7) is 6.07. The van der Waals surface area contributed by atoms with E-state index in [2.05, 4.69) is 12.2 Å². The van der Waals surface area contributed by atoms with Gasteiger partial charge < -0.3 is 15.1 Å². The quantitative estimate of drug-likeness (QED) is 0.285. The minimum atomic E-state index is -0.754. The number of amides is 3. The van der Waals surface area contributed by atoms with E-state index < -0.39 is 5.25 Å². The number of rotatable bonds is 13. The van der Waals surface area contributed by atoms with Gasteiger partial charge in [-0.1, -0.05) is 70.4 Å². The Morgan fingerprint density at radius 3 is 2.23 bits per heavy atom. The second-order valence-corrected chi connectivity index (χ2v) is 10.9. The van der Waals surface area contributed by atoms with E-state index in [9.17, 15) is 14.4 Å². The van der Waals surface area contributed by atoms with E-state index in [1.54, 1.807) is 4.90 Å². The summed E-state index contributed by atoms with van der Waals surface area (Å²) in [5.74, 6) is -0.124. The molecule has 0 spiro atoms. The van der Waals surface area contributed by atoms with Gasteiger partial charge in [0.1, 0.15) is 0 Å². The van der Waals surface area contributed by atoms with Crippen LogP contribution >= 0.6 is 11.8 Å². The smallest absolute Gasteiger partial charge is 0.250 e. The van der Waals surface area contributed by atoms with Crippen LogP contribution in [0.3, 0.4) is 0 Å². The molecule has 2 heterocycles. The summed E-state index contributed by atoms with van der Waals surface area (Å²) in [4.78, 5) is 43.2.